The predicted octanol–water partition coefficient (Wildman–Crippen LogP) is 1.11. The van der Waals surface area contributed by atoms with E-state index in [1.54, 1.807) is 4.90 Å². The molecule has 106 valence electrons. The first-order valence-corrected chi connectivity index (χ1v) is 6.83. The van der Waals surface area contributed by atoms with Crippen molar-refractivity contribution in [2.75, 3.05) is 27.2 Å². The molecule has 5 heteroatoms. The standard InChI is InChI=1S/C14H24N4O/c1-14(13(19)16(2)3)6-5-8-18(11-14)10-12-15-7-9-17(12)4/h7,9H,5-6,8,10-11H2,1-4H3. The molecule has 1 amide bonds. The van der Waals surface area contributed by atoms with E-state index >= 15 is 0 Å². The van der Waals surface area contributed by atoms with Crippen molar-refractivity contribution in [2.45, 2.75) is 26.3 Å². The van der Waals surface area contributed by atoms with Gasteiger partial charge in [-0.1, -0.05) is 0 Å². The number of carbonyl (C=O) groups excluding carboxylic acids is 1. The normalized spacial score (nSPS) is 24.4. The number of piperidine rings is 1. The Morgan fingerprint density at radius 3 is 2.84 bits per heavy atom. The zero-order valence-electron chi connectivity index (χ0n) is 12.4. The number of hydrogen-bond acceptors (Lipinski definition) is 3. The van der Waals surface area contributed by atoms with Crippen molar-refractivity contribution in [3.8, 4) is 0 Å². The third-order valence-electron chi connectivity index (χ3n) is 3.98. The Balaban J connectivity index is 2.05. The number of aryl methyl sites for hydroxylation is 1. The van der Waals surface area contributed by atoms with Gasteiger partial charge < -0.3 is 9.47 Å². The highest BCUT2D eigenvalue weighted by molar-refractivity contribution is 5.82. The zero-order valence-corrected chi connectivity index (χ0v) is 12.4. The van der Waals surface area contributed by atoms with E-state index < -0.39 is 0 Å². The fourth-order valence-corrected chi connectivity index (χ4v) is 2.94. The molecule has 1 saturated heterocycles. The lowest BCUT2D eigenvalue weighted by Gasteiger charge is -2.40. The van der Waals surface area contributed by atoms with Crippen LogP contribution in [0.3, 0.4) is 0 Å². The quantitative estimate of drug-likeness (QED) is 0.821. The molecule has 2 rings (SSSR count). The summed E-state index contributed by atoms with van der Waals surface area (Å²) in [5.74, 6) is 1.29. The van der Waals surface area contributed by atoms with Crippen LogP contribution in [-0.2, 0) is 18.4 Å². The third kappa shape index (κ3) is 2.97. The zero-order chi connectivity index (χ0) is 14.0. The van der Waals surface area contributed by atoms with Crippen molar-refractivity contribution in [1.29, 1.82) is 0 Å². The molecule has 0 saturated carbocycles. The molecule has 1 unspecified atom stereocenters. The minimum absolute atomic E-state index is 0.233. The first-order valence-electron chi connectivity index (χ1n) is 6.83. The van der Waals surface area contributed by atoms with E-state index in [4.69, 9.17) is 0 Å². The Labute approximate surface area is 115 Å². The molecule has 2 heterocycles. The van der Waals surface area contributed by atoms with Gasteiger partial charge in [-0.05, 0) is 26.3 Å². The van der Waals surface area contributed by atoms with Crippen LogP contribution >= 0.6 is 0 Å². The molecule has 1 atom stereocenters. The smallest absolute Gasteiger partial charge is 0.229 e. The summed E-state index contributed by atoms with van der Waals surface area (Å²) in [6.07, 6.45) is 5.83. The van der Waals surface area contributed by atoms with Gasteiger partial charge in [-0.2, -0.15) is 0 Å². The summed E-state index contributed by atoms with van der Waals surface area (Å²) in [6.45, 7) is 4.76. The van der Waals surface area contributed by atoms with Crippen molar-refractivity contribution in [3.63, 3.8) is 0 Å². The van der Waals surface area contributed by atoms with E-state index in [0.29, 0.717) is 0 Å². The molecule has 0 aromatic carbocycles. The van der Waals surface area contributed by atoms with Gasteiger partial charge in [-0.3, -0.25) is 9.69 Å². The molecule has 0 aliphatic carbocycles. The summed E-state index contributed by atoms with van der Waals surface area (Å²) in [5.41, 5.74) is -0.257. The van der Waals surface area contributed by atoms with Gasteiger partial charge in [0.15, 0.2) is 0 Å². The lowest BCUT2D eigenvalue weighted by Crippen LogP contribution is -2.49. The molecular weight excluding hydrogens is 240 g/mol. The topological polar surface area (TPSA) is 41.4 Å². The van der Waals surface area contributed by atoms with Gasteiger partial charge in [0, 0.05) is 40.1 Å². The van der Waals surface area contributed by atoms with Crippen LogP contribution in [0.15, 0.2) is 12.4 Å². The lowest BCUT2D eigenvalue weighted by atomic mass is 9.80. The van der Waals surface area contributed by atoms with Crippen LogP contribution in [0.5, 0.6) is 0 Å². The fourth-order valence-electron chi connectivity index (χ4n) is 2.94. The highest BCUT2D eigenvalue weighted by atomic mass is 16.2. The van der Waals surface area contributed by atoms with E-state index in [-0.39, 0.29) is 11.3 Å². The van der Waals surface area contributed by atoms with Crippen molar-refractivity contribution in [2.24, 2.45) is 12.5 Å². The van der Waals surface area contributed by atoms with Crippen LogP contribution in [-0.4, -0.2) is 52.4 Å². The molecule has 1 aromatic rings. The Morgan fingerprint density at radius 1 is 1.53 bits per heavy atom. The van der Waals surface area contributed by atoms with Crippen molar-refractivity contribution in [3.05, 3.63) is 18.2 Å². The van der Waals surface area contributed by atoms with Crippen LogP contribution < -0.4 is 0 Å². The van der Waals surface area contributed by atoms with E-state index in [0.717, 1.165) is 38.3 Å². The number of rotatable bonds is 3. The van der Waals surface area contributed by atoms with Crippen LogP contribution in [0.1, 0.15) is 25.6 Å². The maximum atomic E-state index is 12.3. The minimum Gasteiger partial charge on any atom is -0.348 e. The molecular formula is C14H24N4O. The number of amides is 1. The largest absolute Gasteiger partial charge is 0.348 e. The second-order valence-corrected chi connectivity index (χ2v) is 6.03. The first kappa shape index (κ1) is 14.1. The number of aromatic nitrogens is 2. The molecule has 1 aromatic heterocycles. The van der Waals surface area contributed by atoms with Crippen molar-refractivity contribution < 1.29 is 4.79 Å². The SMILES string of the molecule is CN(C)C(=O)C1(C)CCCN(Cc2nccn2C)C1. The molecule has 5 nitrogen and oxygen atoms in total. The van der Waals surface area contributed by atoms with Crippen LogP contribution in [0.4, 0.5) is 0 Å². The van der Waals surface area contributed by atoms with Gasteiger partial charge in [0.25, 0.3) is 0 Å². The second-order valence-electron chi connectivity index (χ2n) is 6.03. The Morgan fingerprint density at radius 2 is 2.26 bits per heavy atom. The highest BCUT2D eigenvalue weighted by Crippen LogP contribution is 2.31. The van der Waals surface area contributed by atoms with Crippen LogP contribution in [0.2, 0.25) is 0 Å². The predicted molar refractivity (Wildman–Crippen MR) is 74.5 cm³/mol. The second kappa shape index (κ2) is 5.33. The van der Waals surface area contributed by atoms with E-state index in [2.05, 4.69) is 16.8 Å². The Bertz CT molecular complexity index is 454. The number of imidazole rings is 1. The molecule has 19 heavy (non-hydrogen) atoms. The van der Waals surface area contributed by atoms with Crippen LogP contribution in [0.25, 0.3) is 0 Å². The lowest BCUT2D eigenvalue weighted by molar-refractivity contribution is -0.141. The van der Waals surface area contributed by atoms with E-state index in [1.807, 2.05) is 38.1 Å². The van der Waals surface area contributed by atoms with Crippen molar-refractivity contribution >= 4 is 5.91 Å². The van der Waals surface area contributed by atoms with Gasteiger partial charge in [0.05, 0.1) is 12.0 Å². The minimum atomic E-state index is -0.257. The molecule has 1 aliphatic rings. The number of carbonyl (C=O) groups is 1. The van der Waals surface area contributed by atoms with E-state index in [1.165, 1.54) is 0 Å². The number of hydrogen-bond donors (Lipinski definition) is 0. The Kier molecular flexibility index (Phi) is 3.94. The average molecular weight is 264 g/mol. The number of nitrogens with zero attached hydrogens (tertiary/aromatic N) is 4. The molecule has 0 spiro atoms. The maximum absolute atomic E-state index is 12.3. The summed E-state index contributed by atoms with van der Waals surface area (Å²) in [4.78, 5) is 20.7. The average Bonchev–Trinajstić information content (AvgIpc) is 2.74. The van der Waals surface area contributed by atoms with Gasteiger partial charge in [0.1, 0.15) is 5.82 Å². The monoisotopic (exact) mass is 264 g/mol. The molecule has 0 N–H and O–H groups in total. The third-order valence-corrected chi connectivity index (χ3v) is 3.98. The highest BCUT2D eigenvalue weighted by Gasteiger charge is 2.38. The number of likely N-dealkylation sites (tertiary alicyclic amines) is 1. The molecule has 1 fully saturated rings. The Hall–Kier alpha value is -1.36. The fraction of sp³-hybridized carbons (Fsp3) is 0.714. The van der Waals surface area contributed by atoms with Gasteiger partial charge in [-0.25, -0.2) is 4.98 Å². The van der Waals surface area contributed by atoms with Crippen LogP contribution in [0, 0.1) is 5.41 Å². The van der Waals surface area contributed by atoms with Gasteiger partial charge in [0.2, 0.25) is 5.91 Å². The van der Waals surface area contributed by atoms with E-state index in [9.17, 15) is 4.79 Å². The summed E-state index contributed by atoms with van der Waals surface area (Å²) >= 11 is 0. The molecule has 1 aliphatic heterocycles. The summed E-state index contributed by atoms with van der Waals surface area (Å²) in [6, 6.07) is 0. The summed E-state index contributed by atoms with van der Waals surface area (Å²) in [5, 5.41) is 0. The van der Waals surface area contributed by atoms with Crippen molar-refractivity contribution in [1.82, 2.24) is 19.4 Å². The van der Waals surface area contributed by atoms with Gasteiger partial charge in [-0.15, -0.1) is 0 Å². The summed E-state index contributed by atoms with van der Waals surface area (Å²) < 4.78 is 2.04. The molecule has 0 bridgehead atoms. The maximum Gasteiger partial charge on any atom is 0.229 e. The van der Waals surface area contributed by atoms with Gasteiger partial charge >= 0.3 is 0 Å². The molecule has 0 radical (unpaired) electrons. The first-order chi connectivity index (χ1) is 8.92. The summed E-state index contributed by atoms with van der Waals surface area (Å²) in [7, 11) is 5.69.